The van der Waals surface area contributed by atoms with Crippen molar-refractivity contribution in [2.45, 2.75) is 45.7 Å². The maximum Gasteiger partial charge on any atom is 0.238 e. The van der Waals surface area contributed by atoms with Crippen LogP contribution < -0.4 is 15.4 Å². The standard InChI is InChI=1S/C24H31N3O3/c1-17-5-4-6-18(2)24(17)26-23(29)16-27(20-9-10-20)14-13-22(28)25-15-19-7-11-21(30-3)12-8-19/h4-8,11-12,20H,9-10,13-16H2,1-3H3,(H,25,28)(H,26,29). The lowest BCUT2D eigenvalue weighted by molar-refractivity contribution is -0.122. The second-order valence-corrected chi connectivity index (χ2v) is 7.89. The average molecular weight is 410 g/mol. The Kier molecular flexibility index (Phi) is 7.46. The third kappa shape index (κ3) is 6.32. The molecule has 0 atom stereocenters. The van der Waals surface area contributed by atoms with Crippen LogP contribution in [-0.2, 0) is 16.1 Å². The molecule has 1 aliphatic rings. The van der Waals surface area contributed by atoms with Crippen LogP contribution in [0.1, 0.15) is 36.0 Å². The molecule has 1 fully saturated rings. The molecule has 1 aliphatic carbocycles. The molecule has 1 saturated carbocycles. The van der Waals surface area contributed by atoms with E-state index in [-0.39, 0.29) is 11.8 Å². The summed E-state index contributed by atoms with van der Waals surface area (Å²) in [5, 5.41) is 6.00. The van der Waals surface area contributed by atoms with E-state index in [9.17, 15) is 9.59 Å². The second kappa shape index (κ2) is 10.3. The summed E-state index contributed by atoms with van der Waals surface area (Å²) in [6, 6.07) is 14.0. The molecule has 2 aromatic rings. The molecule has 3 rings (SSSR count). The summed E-state index contributed by atoms with van der Waals surface area (Å²) in [4.78, 5) is 27.0. The molecular weight excluding hydrogens is 378 g/mol. The molecule has 0 aliphatic heterocycles. The molecule has 0 heterocycles. The first-order valence-corrected chi connectivity index (χ1v) is 10.5. The first-order valence-electron chi connectivity index (χ1n) is 10.5. The fourth-order valence-corrected chi connectivity index (χ4v) is 3.48. The number of carbonyl (C=O) groups excluding carboxylic acids is 2. The number of hydrogen-bond donors (Lipinski definition) is 2. The Bertz CT molecular complexity index is 856. The van der Waals surface area contributed by atoms with Gasteiger partial charge < -0.3 is 15.4 Å². The summed E-state index contributed by atoms with van der Waals surface area (Å²) in [6.45, 7) is 5.37. The predicted molar refractivity (Wildman–Crippen MR) is 119 cm³/mol. The van der Waals surface area contributed by atoms with Crippen LogP contribution in [0.3, 0.4) is 0 Å². The Morgan fingerprint density at radius 2 is 1.70 bits per heavy atom. The van der Waals surface area contributed by atoms with Gasteiger partial charge in [0.05, 0.1) is 13.7 Å². The number of para-hydroxylation sites is 1. The van der Waals surface area contributed by atoms with Crippen LogP contribution >= 0.6 is 0 Å². The highest BCUT2D eigenvalue weighted by atomic mass is 16.5. The van der Waals surface area contributed by atoms with Crippen molar-refractivity contribution in [2.75, 3.05) is 25.5 Å². The first kappa shape index (κ1) is 21.8. The van der Waals surface area contributed by atoms with Gasteiger partial charge in [0.2, 0.25) is 11.8 Å². The van der Waals surface area contributed by atoms with Gasteiger partial charge in [-0.25, -0.2) is 0 Å². The molecule has 0 spiro atoms. The number of ether oxygens (including phenoxy) is 1. The van der Waals surface area contributed by atoms with Gasteiger partial charge in [0.15, 0.2) is 0 Å². The fraction of sp³-hybridized carbons (Fsp3) is 0.417. The molecule has 160 valence electrons. The molecule has 30 heavy (non-hydrogen) atoms. The van der Waals surface area contributed by atoms with E-state index >= 15 is 0 Å². The van der Waals surface area contributed by atoms with E-state index in [1.165, 1.54) is 0 Å². The highest BCUT2D eigenvalue weighted by Crippen LogP contribution is 2.27. The van der Waals surface area contributed by atoms with Crippen LogP contribution in [0.15, 0.2) is 42.5 Å². The Morgan fingerprint density at radius 3 is 2.30 bits per heavy atom. The quantitative estimate of drug-likeness (QED) is 0.631. The molecule has 6 nitrogen and oxygen atoms in total. The van der Waals surface area contributed by atoms with Crippen LogP contribution in [0.25, 0.3) is 0 Å². The van der Waals surface area contributed by atoms with E-state index in [1.54, 1.807) is 7.11 Å². The zero-order chi connectivity index (χ0) is 21.5. The third-order valence-corrected chi connectivity index (χ3v) is 5.43. The Labute approximate surface area is 178 Å². The topological polar surface area (TPSA) is 70.7 Å². The number of methoxy groups -OCH3 is 1. The molecule has 0 aromatic heterocycles. The number of amides is 2. The lowest BCUT2D eigenvalue weighted by atomic mass is 10.1. The molecule has 0 bridgehead atoms. The number of hydrogen-bond acceptors (Lipinski definition) is 4. The first-order chi connectivity index (χ1) is 14.5. The van der Waals surface area contributed by atoms with E-state index in [1.807, 2.05) is 56.3 Å². The van der Waals surface area contributed by atoms with Crippen molar-refractivity contribution in [3.8, 4) is 5.75 Å². The highest BCUT2D eigenvalue weighted by Gasteiger charge is 2.30. The summed E-state index contributed by atoms with van der Waals surface area (Å²) in [5.74, 6) is 0.758. The van der Waals surface area contributed by atoms with Gasteiger partial charge in [0.1, 0.15) is 5.75 Å². The minimum absolute atomic E-state index is 0.00776. The van der Waals surface area contributed by atoms with Crippen LogP contribution in [0.2, 0.25) is 0 Å². The molecule has 0 unspecified atom stereocenters. The Hall–Kier alpha value is -2.86. The van der Waals surface area contributed by atoms with Crippen molar-refractivity contribution < 1.29 is 14.3 Å². The highest BCUT2D eigenvalue weighted by molar-refractivity contribution is 5.93. The van der Waals surface area contributed by atoms with Crippen LogP contribution in [0, 0.1) is 13.8 Å². The average Bonchev–Trinajstić information content (AvgIpc) is 3.58. The van der Waals surface area contributed by atoms with E-state index in [4.69, 9.17) is 4.74 Å². The third-order valence-electron chi connectivity index (χ3n) is 5.43. The van der Waals surface area contributed by atoms with Crippen molar-refractivity contribution in [3.63, 3.8) is 0 Å². The normalized spacial score (nSPS) is 13.2. The number of benzene rings is 2. The summed E-state index contributed by atoms with van der Waals surface area (Å²) < 4.78 is 5.14. The van der Waals surface area contributed by atoms with E-state index in [2.05, 4.69) is 15.5 Å². The molecular formula is C24H31N3O3. The lowest BCUT2D eigenvalue weighted by Gasteiger charge is -2.22. The number of nitrogens with zero attached hydrogens (tertiary/aromatic N) is 1. The zero-order valence-corrected chi connectivity index (χ0v) is 18.0. The largest absolute Gasteiger partial charge is 0.497 e. The second-order valence-electron chi connectivity index (χ2n) is 7.89. The fourth-order valence-electron chi connectivity index (χ4n) is 3.48. The minimum atomic E-state index is -0.0297. The summed E-state index contributed by atoms with van der Waals surface area (Å²) in [7, 11) is 1.63. The van der Waals surface area contributed by atoms with E-state index < -0.39 is 0 Å². The van der Waals surface area contributed by atoms with Crippen molar-refractivity contribution in [1.29, 1.82) is 0 Å². The van der Waals surface area contributed by atoms with Gasteiger partial charge in [-0.15, -0.1) is 0 Å². The maximum atomic E-state index is 12.6. The van der Waals surface area contributed by atoms with Gasteiger partial charge in [-0.05, 0) is 55.5 Å². The van der Waals surface area contributed by atoms with Crippen LogP contribution in [-0.4, -0.2) is 43.0 Å². The molecule has 6 heteroatoms. The SMILES string of the molecule is COc1ccc(CNC(=O)CCN(CC(=O)Nc2c(C)cccc2C)C2CC2)cc1. The smallest absolute Gasteiger partial charge is 0.238 e. The van der Waals surface area contributed by atoms with Crippen molar-refractivity contribution in [1.82, 2.24) is 10.2 Å². The molecule has 2 amide bonds. The molecule has 2 aromatic carbocycles. The summed E-state index contributed by atoms with van der Waals surface area (Å²) in [6.07, 6.45) is 2.55. The molecule has 0 saturated heterocycles. The van der Waals surface area contributed by atoms with Gasteiger partial charge in [-0.1, -0.05) is 30.3 Å². The molecule has 0 radical (unpaired) electrons. The van der Waals surface area contributed by atoms with Crippen molar-refractivity contribution >= 4 is 17.5 Å². The number of nitrogens with one attached hydrogen (secondary N) is 2. The van der Waals surface area contributed by atoms with E-state index in [0.29, 0.717) is 32.1 Å². The van der Waals surface area contributed by atoms with Gasteiger partial charge >= 0.3 is 0 Å². The number of anilines is 1. The maximum absolute atomic E-state index is 12.6. The van der Waals surface area contributed by atoms with Crippen LogP contribution in [0.5, 0.6) is 5.75 Å². The Balaban J connectivity index is 1.46. The summed E-state index contributed by atoms with van der Waals surface area (Å²) >= 11 is 0. The van der Waals surface area contributed by atoms with E-state index in [0.717, 1.165) is 41.0 Å². The number of rotatable bonds is 10. The summed E-state index contributed by atoms with van der Waals surface area (Å²) in [5.41, 5.74) is 4.02. The predicted octanol–water partition coefficient (Wildman–Crippen LogP) is 3.42. The number of carbonyl (C=O) groups is 2. The van der Waals surface area contributed by atoms with Gasteiger partial charge in [-0.2, -0.15) is 0 Å². The minimum Gasteiger partial charge on any atom is -0.497 e. The van der Waals surface area contributed by atoms with Crippen LogP contribution in [0.4, 0.5) is 5.69 Å². The lowest BCUT2D eigenvalue weighted by Crippen LogP contribution is -2.38. The van der Waals surface area contributed by atoms with Crippen molar-refractivity contribution in [3.05, 3.63) is 59.2 Å². The van der Waals surface area contributed by atoms with Gasteiger partial charge in [0.25, 0.3) is 0 Å². The monoisotopic (exact) mass is 409 g/mol. The zero-order valence-electron chi connectivity index (χ0n) is 18.0. The van der Waals surface area contributed by atoms with Crippen molar-refractivity contribution in [2.24, 2.45) is 0 Å². The van der Waals surface area contributed by atoms with Gasteiger partial charge in [0, 0.05) is 31.2 Å². The molecule has 2 N–H and O–H groups in total. The van der Waals surface area contributed by atoms with Gasteiger partial charge in [-0.3, -0.25) is 14.5 Å². The number of aryl methyl sites for hydroxylation is 2. The Morgan fingerprint density at radius 1 is 1.03 bits per heavy atom.